The summed E-state index contributed by atoms with van der Waals surface area (Å²) in [5.41, 5.74) is 6.29. The predicted octanol–water partition coefficient (Wildman–Crippen LogP) is 4.77. The molecule has 3 aromatic rings. The van der Waals surface area contributed by atoms with Crippen LogP contribution in [-0.2, 0) is 0 Å². The second kappa shape index (κ2) is 6.06. The van der Waals surface area contributed by atoms with Crippen molar-refractivity contribution in [1.82, 2.24) is 4.98 Å². The number of benzene rings is 2. The number of hydrazone groups is 1. The molecule has 2 aromatic carbocycles. The first-order valence-electron chi connectivity index (χ1n) is 6.98. The fourth-order valence-electron chi connectivity index (χ4n) is 2.16. The summed E-state index contributed by atoms with van der Waals surface area (Å²) in [6.45, 7) is 4.29. The van der Waals surface area contributed by atoms with E-state index < -0.39 is 0 Å². The van der Waals surface area contributed by atoms with Crippen LogP contribution >= 0.6 is 11.3 Å². The van der Waals surface area contributed by atoms with E-state index in [1.165, 1.54) is 4.70 Å². The molecule has 0 unspecified atom stereocenters. The molecule has 21 heavy (non-hydrogen) atoms. The van der Waals surface area contributed by atoms with Gasteiger partial charge in [0.1, 0.15) is 0 Å². The third kappa shape index (κ3) is 3.11. The molecule has 0 fully saturated rings. The molecule has 1 aromatic heterocycles. The van der Waals surface area contributed by atoms with Crippen LogP contribution in [0.3, 0.4) is 0 Å². The number of para-hydroxylation sites is 1. The third-order valence-corrected chi connectivity index (χ3v) is 4.12. The molecule has 0 saturated carbocycles. The van der Waals surface area contributed by atoms with Gasteiger partial charge in [0, 0.05) is 0 Å². The number of nitrogens with one attached hydrogen (secondary N) is 1. The number of hydrogen-bond acceptors (Lipinski definition) is 4. The summed E-state index contributed by atoms with van der Waals surface area (Å²) >= 11 is 1.62. The Hall–Kier alpha value is -2.20. The van der Waals surface area contributed by atoms with Crippen LogP contribution in [0.1, 0.15) is 19.4 Å². The van der Waals surface area contributed by atoms with Crippen LogP contribution in [0.25, 0.3) is 10.2 Å². The van der Waals surface area contributed by atoms with Gasteiger partial charge in [0.05, 0.1) is 15.9 Å². The summed E-state index contributed by atoms with van der Waals surface area (Å²) in [7, 11) is 0. The smallest absolute Gasteiger partial charge is 0.204 e. The van der Waals surface area contributed by atoms with Crippen LogP contribution in [0.15, 0.2) is 59.7 Å². The van der Waals surface area contributed by atoms with Crippen molar-refractivity contribution in [3.8, 4) is 0 Å². The standard InChI is InChI=1S/C17H17N3S/c1-12(2)16(13-8-4-3-5-9-13)19-20-17-18-14-10-6-7-11-15(14)21-17/h3-12H,1-2H3,(H,18,20)/b19-16+. The van der Waals surface area contributed by atoms with Gasteiger partial charge < -0.3 is 0 Å². The lowest BCUT2D eigenvalue weighted by molar-refractivity contribution is 0.880. The maximum atomic E-state index is 4.57. The lowest BCUT2D eigenvalue weighted by Gasteiger charge is -2.10. The largest absolute Gasteiger partial charge is 0.252 e. The zero-order valence-corrected chi connectivity index (χ0v) is 12.9. The molecule has 0 aliphatic rings. The van der Waals surface area contributed by atoms with E-state index in [-0.39, 0.29) is 0 Å². The van der Waals surface area contributed by atoms with Gasteiger partial charge >= 0.3 is 0 Å². The summed E-state index contributed by atoms with van der Waals surface area (Å²) in [4.78, 5) is 4.54. The minimum atomic E-state index is 0.342. The number of anilines is 1. The number of fused-ring (bicyclic) bond motifs is 1. The first-order valence-corrected chi connectivity index (χ1v) is 7.80. The third-order valence-electron chi connectivity index (χ3n) is 3.18. The quantitative estimate of drug-likeness (QED) is 0.556. The summed E-state index contributed by atoms with van der Waals surface area (Å²) in [5.74, 6) is 0.342. The normalized spacial score (nSPS) is 12.0. The van der Waals surface area contributed by atoms with Gasteiger partial charge in [-0.1, -0.05) is 67.6 Å². The Morgan fingerprint density at radius 2 is 1.76 bits per heavy atom. The highest BCUT2D eigenvalue weighted by molar-refractivity contribution is 7.22. The van der Waals surface area contributed by atoms with Crippen LogP contribution in [0.2, 0.25) is 0 Å². The van der Waals surface area contributed by atoms with Crippen molar-refractivity contribution in [2.24, 2.45) is 11.0 Å². The lowest BCUT2D eigenvalue weighted by atomic mass is 10.0. The van der Waals surface area contributed by atoms with Crippen molar-refractivity contribution >= 4 is 32.4 Å². The first-order chi connectivity index (χ1) is 10.2. The van der Waals surface area contributed by atoms with Gasteiger partial charge in [-0.25, -0.2) is 4.98 Å². The van der Waals surface area contributed by atoms with E-state index in [1.807, 2.05) is 36.4 Å². The van der Waals surface area contributed by atoms with Crippen molar-refractivity contribution in [1.29, 1.82) is 0 Å². The number of hydrogen-bond donors (Lipinski definition) is 1. The lowest BCUT2D eigenvalue weighted by Crippen LogP contribution is -2.11. The molecule has 0 bridgehead atoms. The molecule has 0 atom stereocenters. The molecule has 3 rings (SSSR count). The molecule has 0 spiro atoms. The van der Waals surface area contributed by atoms with E-state index in [9.17, 15) is 0 Å². The van der Waals surface area contributed by atoms with Crippen molar-refractivity contribution in [3.63, 3.8) is 0 Å². The topological polar surface area (TPSA) is 37.3 Å². The molecule has 0 amide bonds. The van der Waals surface area contributed by atoms with E-state index in [2.05, 4.69) is 47.6 Å². The SMILES string of the molecule is CC(C)/C(=N\Nc1nc2ccccc2s1)c1ccccc1. The Morgan fingerprint density at radius 1 is 1.05 bits per heavy atom. The highest BCUT2D eigenvalue weighted by Gasteiger charge is 2.09. The summed E-state index contributed by atoms with van der Waals surface area (Å²) in [6, 6.07) is 18.4. The fourth-order valence-corrected chi connectivity index (χ4v) is 2.97. The average molecular weight is 295 g/mol. The molecule has 3 nitrogen and oxygen atoms in total. The number of nitrogens with zero attached hydrogens (tertiary/aromatic N) is 2. The van der Waals surface area contributed by atoms with Crippen molar-refractivity contribution in [2.45, 2.75) is 13.8 Å². The second-order valence-electron chi connectivity index (χ2n) is 5.12. The molecule has 4 heteroatoms. The van der Waals surface area contributed by atoms with Gasteiger partial charge in [-0.15, -0.1) is 0 Å². The maximum absolute atomic E-state index is 4.57. The number of rotatable bonds is 4. The molecule has 0 radical (unpaired) electrons. The van der Waals surface area contributed by atoms with Crippen LogP contribution < -0.4 is 5.43 Å². The highest BCUT2D eigenvalue weighted by Crippen LogP contribution is 2.25. The molecule has 1 heterocycles. The molecular weight excluding hydrogens is 278 g/mol. The molecule has 0 aliphatic heterocycles. The Bertz CT molecular complexity index is 727. The van der Waals surface area contributed by atoms with Gasteiger partial charge in [0.15, 0.2) is 0 Å². The average Bonchev–Trinajstić information content (AvgIpc) is 2.91. The van der Waals surface area contributed by atoms with Gasteiger partial charge in [-0.2, -0.15) is 5.10 Å². The maximum Gasteiger partial charge on any atom is 0.204 e. The van der Waals surface area contributed by atoms with E-state index in [0.29, 0.717) is 5.92 Å². The van der Waals surface area contributed by atoms with Crippen LogP contribution in [-0.4, -0.2) is 10.7 Å². The summed E-state index contributed by atoms with van der Waals surface area (Å²) in [5, 5.41) is 5.40. The Kier molecular flexibility index (Phi) is 3.97. The summed E-state index contributed by atoms with van der Waals surface area (Å²) in [6.07, 6.45) is 0. The Labute approximate surface area is 128 Å². The van der Waals surface area contributed by atoms with E-state index in [1.54, 1.807) is 11.3 Å². The van der Waals surface area contributed by atoms with Crippen LogP contribution in [0.4, 0.5) is 5.13 Å². The number of thiazole rings is 1. The highest BCUT2D eigenvalue weighted by atomic mass is 32.1. The Balaban J connectivity index is 1.88. The van der Waals surface area contributed by atoms with Crippen molar-refractivity contribution in [2.75, 3.05) is 5.43 Å². The van der Waals surface area contributed by atoms with Gasteiger partial charge in [0.2, 0.25) is 5.13 Å². The van der Waals surface area contributed by atoms with Crippen molar-refractivity contribution in [3.05, 3.63) is 60.2 Å². The predicted molar refractivity (Wildman–Crippen MR) is 91.1 cm³/mol. The van der Waals surface area contributed by atoms with Crippen LogP contribution in [0.5, 0.6) is 0 Å². The van der Waals surface area contributed by atoms with E-state index in [4.69, 9.17) is 0 Å². The molecule has 0 aliphatic carbocycles. The molecule has 1 N–H and O–H groups in total. The summed E-state index contributed by atoms with van der Waals surface area (Å²) < 4.78 is 1.17. The molecule has 0 saturated heterocycles. The van der Waals surface area contributed by atoms with Gasteiger partial charge in [-0.3, -0.25) is 5.43 Å². The van der Waals surface area contributed by atoms with Crippen molar-refractivity contribution < 1.29 is 0 Å². The van der Waals surface area contributed by atoms with E-state index in [0.717, 1.165) is 21.9 Å². The first kappa shape index (κ1) is 13.8. The fraction of sp³-hybridized carbons (Fsp3) is 0.176. The zero-order chi connectivity index (χ0) is 14.7. The molecule has 106 valence electrons. The number of aromatic nitrogens is 1. The monoisotopic (exact) mass is 295 g/mol. The minimum absolute atomic E-state index is 0.342. The van der Waals surface area contributed by atoms with Crippen LogP contribution in [0, 0.1) is 5.92 Å². The van der Waals surface area contributed by atoms with Gasteiger partial charge in [0.25, 0.3) is 0 Å². The molecular formula is C17H17N3S. The zero-order valence-electron chi connectivity index (χ0n) is 12.1. The second-order valence-corrected chi connectivity index (χ2v) is 6.15. The van der Waals surface area contributed by atoms with E-state index >= 15 is 0 Å². The Morgan fingerprint density at radius 3 is 2.48 bits per heavy atom. The van der Waals surface area contributed by atoms with Gasteiger partial charge in [-0.05, 0) is 23.6 Å². The minimum Gasteiger partial charge on any atom is -0.252 e.